The molecule has 0 bridgehead atoms. The average molecular weight is 109 g/mol. The minimum atomic E-state index is 0.220. The first-order chi connectivity index (χ1) is 4.20. The van der Waals surface area contributed by atoms with Crippen LogP contribution in [0.3, 0.4) is 0 Å². The number of nitrogen functional groups attached to an aromatic ring is 1. The van der Waals surface area contributed by atoms with Crippen molar-refractivity contribution >= 4 is 5.69 Å². The molecule has 0 fully saturated rings. The molecule has 8 heavy (non-hydrogen) atoms. The number of pyridine rings is 1. The molecule has 1 heterocycles. The van der Waals surface area contributed by atoms with E-state index in [9.17, 15) is 0 Å². The molecule has 0 spiro atoms. The maximum atomic E-state index is 7.04. The van der Waals surface area contributed by atoms with Gasteiger partial charge in [-0.05, 0) is 18.6 Å². The van der Waals surface area contributed by atoms with Gasteiger partial charge in [0.1, 0.15) is 0 Å². The van der Waals surface area contributed by atoms with E-state index in [0.29, 0.717) is 5.69 Å². The van der Waals surface area contributed by atoms with Gasteiger partial charge in [-0.25, -0.2) is 0 Å². The van der Waals surface area contributed by atoms with Crippen LogP contribution >= 0.6 is 0 Å². The lowest BCUT2D eigenvalue weighted by molar-refractivity contribution is 1.27. The molecule has 0 radical (unpaired) electrons. The SMILES string of the molecule is [2H]c1cc(N)c(C)cn1. The lowest BCUT2D eigenvalue weighted by Crippen LogP contribution is -1.87. The molecule has 0 atom stereocenters. The second-order valence-corrected chi connectivity index (χ2v) is 1.67. The van der Waals surface area contributed by atoms with E-state index in [4.69, 9.17) is 7.10 Å². The summed E-state index contributed by atoms with van der Waals surface area (Å²) < 4.78 is 7.04. The van der Waals surface area contributed by atoms with Gasteiger partial charge in [0, 0.05) is 18.1 Å². The summed E-state index contributed by atoms with van der Waals surface area (Å²) >= 11 is 0. The quantitative estimate of drug-likeness (QED) is 0.539. The highest BCUT2D eigenvalue weighted by Gasteiger charge is 1.85. The lowest BCUT2D eigenvalue weighted by atomic mass is 10.3. The highest BCUT2D eigenvalue weighted by molar-refractivity contribution is 5.42. The van der Waals surface area contributed by atoms with Crippen LogP contribution in [0.25, 0.3) is 0 Å². The van der Waals surface area contributed by atoms with Crippen molar-refractivity contribution in [2.24, 2.45) is 0 Å². The minimum Gasteiger partial charge on any atom is -0.398 e. The van der Waals surface area contributed by atoms with E-state index in [1.54, 1.807) is 6.20 Å². The number of anilines is 1. The normalized spacial score (nSPS) is 10.9. The van der Waals surface area contributed by atoms with E-state index in [2.05, 4.69) is 4.98 Å². The number of rotatable bonds is 0. The predicted molar refractivity (Wildman–Crippen MR) is 33.4 cm³/mol. The summed E-state index contributed by atoms with van der Waals surface area (Å²) in [5.41, 5.74) is 7.02. The molecule has 1 aromatic rings. The Labute approximate surface area is 49.8 Å². The molecular weight excluding hydrogens is 100 g/mol. The Morgan fingerprint density at radius 1 is 1.88 bits per heavy atom. The second-order valence-electron chi connectivity index (χ2n) is 1.67. The fourth-order valence-electron chi connectivity index (χ4n) is 0.429. The van der Waals surface area contributed by atoms with Crippen molar-refractivity contribution in [2.45, 2.75) is 6.92 Å². The first kappa shape index (κ1) is 3.89. The molecule has 0 unspecified atom stereocenters. The third kappa shape index (κ3) is 0.780. The fraction of sp³-hybridized carbons (Fsp3) is 0.167. The maximum absolute atomic E-state index is 7.04. The summed E-state index contributed by atoms with van der Waals surface area (Å²) in [5.74, 6) is 0. The van der Waals surface area contributed by atoms with Gasteiger partial charge in [0.05, 0.1) is 1.37 Å². The molecule has 0 aliphatic rings. The van der Waals surface area contributed by atoms with Gasteiger partial charge in [0.15, 0.2) is 0 Å². The maximum Gasteiger partial charge on any atom is 0.0841 e. The zero-order valence-electron chi connectivity index (χ0n) is 5.68. The van der Waals surface area contributed by atoms with Gasteiger partial charge in [-0.2, -0.15) is 0 Å². The summed E-state index contributed by atoms with van der Waals surface area (Å²) in [6.07, 6.45) is 1.82. The van der Waals surface area contributed by atoms with Crippen molar-refractivity contribution in [2.75, 3.05) is 5.73 Å². The van der Waals surface area contributed by atoms with Crippen molar-refractivity contribution in [3.8, 4) is 0 Å². The van der Waals surface area contributed by atoms with Gasteiger partial charge in [-0.15, -0.1) is 0 Å². The van der Waals surface area contributed by atoms with E-state index < -0.39 is 0 Å². The summed E-state index contributed by atoms with van der Waals surface area (Å²) in [5, 5.41) is 0. The zero-order chi connectivity index (χ0) is 6.85. The van der Waals surface area contributed by atoms with Crippen LogP contribution in [0.4, 0.5) is 5.69 Å². The van der Waals surface area contributed by atoms with Crippen LogP contribution in [0.1, 0.15) is 6.93 Å². The molecule has 2 N–H and O–H groups in total. The van der Waals surface area contributed by atoms with Crippen LogP contribution in [-0.2, 0) is 0 Å². The van der Waals surface area contributed by atoms with Crippen LogP contribution in [-0.4, -0.2) is 4.98 Å². The molecule has 2 nitrogen and oxygen atoms in total. The Morgan fingerprint density at radius 3 is 3.12 bits per heavy atom. The van der Waals surface area contributed by atoms with Gasteiger partial charge in [0.2, 0.25) is 0 Å². The molecule has 0 amide bonds. The Morgan fingerprint density at radius 2 is 2.62 bits per heavy atom. The van der Waals surface area contributed by atoms with E-state index in [0.717, 1.165) is 5.56 Å². The molecule has 2 heteroatoms. The first-order valence-corrected chi connectivity index (χ1v) is 2.39. The average Bonchev–Trinajstić information content (AvgIpc) is 1.80. The molecule has 0 aliphatic carbocycles. The summed E-state index contributed by atoms with van der Waals surface area (Å²) in [4.78, 5) is 3.73. The zero-order valence-corrected chi connectivity index (χ0v) is 4.68. The Kier molecular flexibility index (Phi) is 0.886. The van der Waals surface area contributed by atoms with Crippen LogP contribution in [0.2, 0.25) is 0 Å². The molecule has 0 aromatic carbocycles. The highest BCUT2D eigenvalue weighted by Crippen LogP contribution is 2.04. The Hall–Kier alpha value is -1.05. The number of nitrogens with two attached hydrogens (primary N) is 1. The summed E-state index contributed by atoms with van der Waals surface area (Å²) in [7, 11) is 0. The molecule has 0 saturated heterocycles. The van der Waals surface area contributed by atoms with Gasteiger partial charge in [-0.3, -0.25) is 4.98 Å². The van der Waals surface area contributed by atoms with E-state index in [-0.39, 0.29) is 6.17 Å². The van der Waals surface area contributed by atoms with Crippen LogP contribution in [0, 0.1) is 6.92 Å². The fourth-order valence-corrected chi connectivity index (χ4v) is 0.429. The van der Waals surface area contributed by atoms with Gasteiger partial charge in [0.25, 0.3) is 0 Å². The van der Waals surface area contributed by atoms with E-state index >= 15 is 0 Å². The molecule has 0 aliphatic heterocycles. The molecule has 42 valence electrons. The minimum absolute atomic E-state index is 0.220. The largest absolute Gasteiger partial charge is 0.398 e. The summed E-state index contributed by atoms with van der Waals surface area (Å²) in [6, 6.07) is 1.54. The monoisotopic (exact) mass is 109 g/mol. The summed E-state index contributed by atoms with van der Waals surface area (Å²) in [6.45, 7) is 1.86. The van der Waals surface area contributed by atoms with E-state index in [1.807, 2.05) is 6.92 Å². The van der Waals surface area contributed by atoms with Crippen LogP contribution in [0.15, 0.2) is 18.4 Å². The smallest absolute Gasteiger partial charge is 0.0841 e. The number of hydrogen-bond donors (Lipinski definition) is 1. The van der Waals surface area contributed by atoms with Crippen molar-refractivity contribution in [1.29, 1.82) is 0 Å². The number of hydrogen-bond acceptors (Lipinski definition) is 2. The first-order valence-electron chi connectivity index (χ1n) is 2.89. The standard InChI is InChI=1S/C6H8N2/c1-5-4-8-3-2-6(5)7/h2-4H,1H3,(H2,7,8)/i3D. The lowest BCUT2D eigenvalue weighted by Gasteiger charge is -1.93. The third-order valence-electron chi connectivity index (χ3n) is 1.01. The van der Waals surface area contributed by atoms with Crippen molar-refractivity contribution < 1.29 is 1.37 Å². The topological polar surface area (TPSA) is 38.9 Å². The van der Waals surface area contributed by atoms with Gasteiger partial charge < -0.3 is 5.73 Å². The number of nitrogens with zero attached hydrogens (tertiary/aromatic N) is 1. The molecule has 0 saturated carbocycles. The number of aryl methyl sites for hydroxylation is 1. The predicted octanol–water partition coefficient (Wildman–Crippen LogP) is 0.972. The van der Waals surface area contributed by atoms with Gasteiger partial charge >= 0.3 is 0 Å². The third-order valence-corrected chi connectivity index (χ3v) is 1.01. The van der Waals surface area contributed by atoms with Crippen LogP contribution in [0.5, 0.6) is 0 Å². The molecule has 1 aromatic heterocycles. The van der Waals surface area contributed by atoms with Crippen molar-refractivity contribution in [3.63, 3.8) is 0 Å². The molecule has 1 rings (SSSR count). The Bertz CT molecular complexity index is 222. The van der Waals surface area contributed by atoms with E-state index in [1.165, 1.54) is 6.07 Å². The van der Waals surface area contributed by atoms with Crippen molar-refractivity contribution in [3.05, 3.63) is 24.0 Å². The van der Waals surface area contributed by atoms with Crippen molar-refractivity contribution in [1.82, 2.24) is 4.98 Å². The van der Waals surface area contributed by atoms with Gasteiger partial charge in [-0.1, -0.05) is 0 Å². The van der Waals surface area contributed by atoms with Crippen LogP contribution < -0.4 is 5.73 Å². The Balaban J connectivity index is 3.17. The second kappa shape index (κ2) is 1.82. The number of aromatic nitrogens is 1. The molecular formula is C6H8N2. The highest BCUT2D eigenvalue weighted by atomic mass is 14.7.